The van der Waals surface area contributed by atoms with Crippen LogP contribution < -0.4 is 5.32 Å². The van der Waals surface area contributed by atoms with Crippen LogP contribution in [0.15, 0.2) is 18.2 Å². The third kappa shape index (κ3) is 4.23. The molecule has 0 unspecified atom stereocenters. The van der Waals surface area contributed by atoms with Crippen LogP contribution in [0.5, 0.6) is 0 Å². The molecule has 15 heavy (non-hydrogen) atoms. The van der Waals surface area contributed by atoms with Crippen LogP contribution in [0.3, 0.4) is 0 Å². The molecule has 0 spiro atoms. The van der Waals surface area contributed by atoms with Gasteiger partial charge in [0.2, 0.25) is 0 Å². The van der Waals surface area contributed by atoms with Crippen LogP contribution in [0, 0.1) is 13.8 Å². The predicted octanol–water partition coefficient (Wildman–Crippen LogP) is 3.41. The highest BCUT2D eigenvalue weighted by Gasteiger charge is 2.00. The summed E-state index contributed by atoms with van der Waals surface area (Å²) < 4.78 is 0. The van der Waals surface area contributed by atoms with Gasteiger partial charge in [0, 0.05) is 12.4 Å². The van der Waals surface area contributed by atoms with Crippen LogP contribution in [0.4, 0.5) is 0 Å². The fourth-order valence-electron chi connectivity index (χ4n) is 1.69. The minimum Gasteiger partial charge on any atom is -0.313 e. The van der Waals surface area contributed by atoms with E-state index in [1.165, 1.54) is 16.7 Å². The molecule has 0 aromatic heterocycles. The lowest BCUT2D eigenvalue weighted by Gasteiger charge is -2.10. The van der Waals surface area contributed by atoms with E-state index in [1.54, 1.807) is 0 Å². The zero-order valence-electron chi connectivity index (χ0n) is 9.65. The molecule has 0 saturated carbocycles. The van der Waals surface area contributed by atoms with Gasteiger partial charge in [0.15, 0.2) is 0 Å². The number of aryl methyl sites for hydroxylation is 2. The summed E-state index contributed by atoms with van der Waals surface area (Å²) in [6, 6.07) is 6.45. The van der Waals surface area contributed by atoms with Crippen LogP contribution >= 0.6 is 11.6 Å². The van der Waals surface area contributed by atoms with Gasteiger partial charge in [-0.2, -0.15) is 0 Å². The summed E-state index contributed by atoms with van der Waals surface area (Å²) in [5.41, 5.74) is 4.18. The van der Waals surface area contributed by atoms with Crippen LogP contribution in [-0.2, 0) is 6.54 Å². The number of halogens is 1. The van der Waals surface area contributed by atoms with Gasteiger partial charge in [0.05, 0.1) is 0 Å². The van der Waals surface area contributed by atoms with E-state index >= 15 is 0 Å². The number of nitrogens with one attached hydrogen (secondary N) is 1. The summed E-state index contributed by atoms with van der Waals surface area (Å²) in [6.45, 7) is 6.37. The lowest BCUT2D eigenvalue weighted by molar-refractivity contribution is 0.640. The first-order valence-corrected chi connectivity index (χ1v) is 6.11. The SMILES string of the molecule is Cc1cccc(C)c1CNCCCCCl. The second-order valence-electron chi connectivity index (χ2n) is 3.94. The first-order chi connectivity index (χ1) is 7.25. The van der Waals surface area contributed by atoms with Crippen LogP contribution in [-0.4, -0.2) is 12.4 Å². The minimum atomic E-state index is 0.769. The van der Waals surface area contributed by atoms with Crippen molar-refractivity contribution in [1.82, 2.24) is 5.32 Å². The summed E-state index contributed by atoms with van der Waals surface area (Å²) in [4.78, 5) is 0. The predicted molar refractivity (Wildman–Crippen MR) is 67.6 cm³/mol. The van der Waals surface area contributed by atoms with Gasteiger partial charge >= 0.3 is 0 Å². The van der Waals surface area contributed by atoms with E-state index in [0.717, 1.165) is 31.8 Å². The summed E-state index contributed by atoms with van der Waals surface area (Å²) in [6.07, 6.45) is 2.26. The highest BCUT2D eigenvalue weighted by Crippen LogP contribution is 2.12. The molecule has 1 rings (SSSR count). The smallest absolute Gasteiger partial charge is 0.0223 e. The Morgan fingerprint density at radius 2 is 1.80 bits per heavy atom. The second-order valence-corrected chi connectivity index (χ2v) is 4.32. The largest absolute Gasteiger partial charge is 0.313 e. The molecule has 0 heterocycles. The average molecular weight is 226 g/mol. The van der Waals surface area contributed by atoms with Crippen LogP contribution in [0.1, 0.15) is 29.5 Å². The molecular weight excluding hydrogens is 206 g/mol. The van der Waals surface area contributed by atoms with E-state index < -0.39 is 0 Å². The number of rotatable bonds is 6. The summed E-state index contributed by atoms with van der Waals surface area (Å²) in [5.74, 6) is 0.769. The molecule has 84 valence electrons. The normalized spacial score (nSPS) is 10.6. The van der Waals surface area contributed by atoms with Gasteiger partial charge in [-0.1, -0.05) is 18.2 Å². The average Bonchev–Trinajstić information content (AvgIpc) is 2.21. The molecule has 0 atom stereocenters. The molecule has 0 aliphatic carbocycles. The van der Waals surface area contributed by atoms with Crippen molar-refractivity contribution in [3.8, 4) is 0 Å². The Kier molecular flexibility index (Phi) is 5.74. The maximum absolute atomic E-state index is 5.62. The van der Waals surface area contributed by atoms with Crippen molar-refractivity contribution in [2.24, 2.45) is 0 Å². The standard InChI is InChI=1S/C13H20ClN/c1-11-6-5-7-12(2)13(11)10-15-9-4-3-8-14/h5-7,15H,3-4,8-10H2,1-2H3. The van der Waals surface area contributed by atoms with Gasteiger partial charge in [0.25, 0.3) is 0 Å². The Bertz CT molecular complexity index is 276. The highest BCUT2D eigenvalue weighted by atomic mass is 35.5. The lowest BCUT2D eigenvalue weighted by atomic mass is 10.0. The van der Waals surface area contributed by atoms with Crippen molar-refractivity contribution < 1.29 is 0 Å². The quantitative estimate of drug-likeness (QED) is 0.578. The molecule has 0 radical (unpaired) electrons. The van der Waals surface area contributed by atoms with Crippen molar-refractivity contribution in [2.75, 3.05) is 12.4 Å². The molecule has 2 heteroatoms. The maximum atomic E-state index is 5.62. The first-order valence-electron chi connectivity index (χ1n) is 5.57. The third-order valence-corrected chi connectivity index (χ3v) is 2.95. The van der Waals surface area contributed by atoms with Gasteiger partial charge < -0.3 is 5.32 Å². The Hall–Kier alpha value is -0.530. The molecular formula is C13H20ClN. The number of benzene rings is 1. The Balaban J connectivity index is 2.37. The molecule has 0 aliphatic rings. The Morgan fingerprint density at radius 3 is 2.40 bits per heavy atom. The van der Waals surface area contributed by atoms with Gasteiger partial charge in [-0.3, -0.25) is 0 Å². The van der Waals surface area contributed by atoms with E-state index in [4.69, 9.17) is 11.6 Å². The van der Waals surface area contributed by atoms with Gasteiger partial charge in [-0.05, 0) is 49.9 Å². The van der Waals surface area contributed by atoms with E-state index in [2.05, 4.69) is 37.4 Å². The lowest BCUT2D eigenvalue weighted by Crippen LogP contribution is -2.16. The summed E-state index contributed by atoms with van der Waals surface area (Å²) >= 11 is 5.62. The van der Waals surface area contributed by atoms with E-state index in [-0.39, 0.29) is 0 Å². The summed E-state index contributed by atoms with van der Waals surface area (Å²) in [5, 5.41) is 3.46. The Labute approximate surface area is 97.8 Å². The van der Waals surface area contributed by atoms with Crippen molar-refractivity contribution in [2.45, 2.75) is 33.2 Å². The van der Waals surface area contributed by atoms with Crippen molar-refractivity contribution in [3.05, 3.63) is 34.9 Å². The molecule has 1 nitrogen and oxygen atoms in total. The third-order valence-electron chi connectivity index (χ3n) is 2.68. The number of unbranched alkanes of at least 4 members (excludes halogenated alkanes) is 1. The van der Waals surface area contributed by atoms with Crippen LogP contribution in [0.2, 0.25) is 0 Å². The van der Waals surface area contributed by atoms with E-state index in [0.29, 0.717) is 0 Å². The fourth-order valence-corrected chi connectivity index (χ4v) is 1.87. The van der Waals surface area contributed by atoms with Gasteiger partial charge in [-0.15, -0.1) is 11.6 Å². The monoisotopic (exact) mass is 225 g/mol. The first kappa shape index (κ1) is 12.5. The van der Waals surface area contributed by atoms with Gasteiger partial charge in [0.1, 0.15) is 0 Å². The highest BCUT2D eigenvalue weighted by molar-refractivity contribution is 6.17. The topological polar surface area (TPSA) is 12.0 Å². The van der Waals surface area contributed by atoms with Crippen molar-refractivity contribution >= 4 is 11.6 Å². The number of hydrogen-bond donors (Lipinski definition) is 1. The van der Waals surface area contributed by atoms with Crippen LogP contribution in [0.25, 0.3) is 0 Å². The molecule has 1 aromatic carbocycles. The van der Waals surface area contributed by atoms with Gasteiger partial charge in [-0.25, -0.2) is 0 Å². The van der Waals surface area contributed by atoms with E-state index in [9.17, 15) is 0 Å². The molecule has 0 aliphatic heterocycles. The molecule has 0 amide bonds. The molecule has 0 fully saturated rings. The maximum Gasteiger partial charge on any atom is 0.0223 e. The number of alkyl halides is 1. The molecule has 0 bridgehead atoms. The minimum absolute atomic E-state index is 0.769. The zero-order chi connectivity index (χ0) is 11.1. The van der Waals surface area contributed by atoms with Crippen molar-refractivity contribution in [3.63, 3.8) is 0 Å². The summed E-state index contributed by atoms with van der Waals surface area (Å²) in [7, 11) is 0. The zero-order valence-corrected chi connectivity index (χ0v) is 10.4. The number of hydrogen-bond acceptors (Lipinski definition) is 1. The van der Waals surface area contributed by atoms with E-state index in [1.807, 2.05) is 0 Å². The fraction of sp³-hybridized carbons (Fsp3) is 0.538. The Morgan fingerprint density at radius 1 is 1.13 bits per heavy atom. The van der Waals surface area contributed by atoms with Crippen molar-refractivity contribution in [1.29, 1.82) is 0 Å². The molecule has 0 saturated heterocycles. The molecule has 1 aromatic rings. The molecule has 1 N–H and O–H groups in total. The second kappa shape index (κ2) is 6.86.